The van der Waals surface area contributed by atoms with E-state index in [1.807, 2.05) is 19.1 Å². The quantitative estimate of drug-likeness (QED) is 0.799. The standard InChI is InChI=1S/C16H15FN2O/c1-2-19(15-8-6-14(17)7-9-15)16(20)10-5-13-4-3-11-18-12-13/h3-12H,2H2,1H3/b10-5+. The molecule has 0 aliphatic rings. The molecular formula is C16H15FN2O. The molecule has 3 nitrogen and oxygen atoms in total. The fraction of sp³-hybridized carbons (Fsp3) is 0.125. The van der Waals surface area contributed by atoms with Gasteiger partial charge in [0.1, 0.15) is 5.82 Å². The van der Waals surface area contributed by atoms with Gasteiger partial charge in [0.2, 0.25) is 0 Å². The number of hydrogen-bond donors (Lipinski definition) is 0. The van der Waals surface area contributed by atoms with E-state index < -0.39 is 0 Å². The first-order chi connectivity index (χ1) is 9.70. The van der Waals surface area contributed by atoms with E-state index in [0.29, 0.717) is 12.2 Å². The molecular weight excluding hydrogens is 255 g/mol. The van der Waals surface area contributed by atoms with Gasteiger partial charge in [-0.15, -0.1) is 0 Å². The Morgan fingerprint density at radius 1 is 1.30 bits per heavy atom. The highest BCUT2D eigenvalue weighted by Crippen LogP contribution is 2.15. The average molecular weight is 270 g/mol. The van der Waals surface area contributed by atoms with Gasteiger partial charge >= 0.3 is 0 Å². The molecule has 0 unspecified atom stereocenters. The number of pyridine rings is 1. The Balaban J connectivity index is 2.13. The zero-order chi connectivity index (χ0) is 14.4. The van der Waals surface area contributed by atoms with Crippen molar-refractivity contribution in [3.63, 3.8) is 0 Å². The first kappa shape index (κ1) is 13.9. The van der Waals surface area contributed by atoms with E-state index in [1.165, 1.54) is 18.2 Å². The second kappa shape index (κ2) is 6.61. The van der Waals surface area contributed by atoms with E-state index in [4.69, 9.17) is 0 Å². The van der Waals surface area contributed by atoms with Gasteiger partial charge in [0.15, 0.2) is 0 Å². The largest absolute Gasteiger partial charge is 0.309 e. The van der Waals surface area contributed by atoms with Crippen LogP contribution >= 0.6 is 0 Å². The van der Waals surface area contributed by atoms with E-state index in [2.05, 4.69) is 4.98 Å². The van der Waals surface area contributed by atoms with E-state index in [9.17, 15) is 9.18 Å². The molecule has 0 aliphatic carbocycles. The van der Waals surface area contributed by atoms with Gasteiger partial charge in [0.25, 0.3) is 5.91 Å². The molecule has 0 spiro atoms. The molecule has 4 heteroatoms. The van der Waals surface area contributed by atoms with Gasteiger partial charge in [-0.05, 0) is 48.9 Å². The summed E-state index contributed by atoms with van der Waals surface area (Å²) in [6, 6.07) is 9.54. The van der Waals surface area contributed by atoms with Crippen LogP contribution in [0.25, 0.3) is 6.08 Å². The van der Waals surface area contributed by atoms with Crippen molar-refractivity contribution in [2.75, 3.05) is 11.4 Å². The lowest BCUT2D eigenvalue weighted by molar-refractivity contribution is -0.114. The molecule has 0 bridgehead atoms. The Morgan fingerprint density at radius 2 is 2.05 bits per heavy atom. The third kappa shape index (κ3) is 3.51. The van der Waals surface area contributed by atoms with Crippen LogP contribution in [0.2, 0.25) is 0 Å². The molecule has 1 aromatic heterocycles. The van der Waals surface area contributed by atoms with Crippen LogP contribution < -0.4 is 4.90 Å². The molecule has 1 aromatic carbocycles. The summed E-state index contributed by atoms with van der Waals surface area (Å²) in [7, 11) is 0. The summed E-state index contributed by atoms with van der Waals surface area (Å²) < 4.78 is 12.9. The molecule has 0 aliphatic heterocycles. The number of hydrogen-bond acceptors (Lipinski definition) is 2. The van der Waals surface area contributed by atoms with E-state index in [1.54, 1.807) is 35.5 Å². The van der Waals surface area contributed by atoms with E-state index in [-0.39, 0.29) is 11.7 Å². The van der Waals surface area contributed by atoms with Gasteiger partial charge in [0, 0.05) is 30.7 Å². The minimum absolute atomic E-state index is 0.150. The van der Waals surface area contributed by atoms with Crippen molar-refractivity contribution in [1.82, 2.24) is 4.98 Å². The highest BCUT2D eigenvalue weighted by atomic mass is 19.1. The summed E-state index contributed by atoms with van der Waals surface area (Å²) in [5.41, 5.74) is 1.53. The number of anilines is 1. The first-order valence-electron chi connectivity index (χ1n) is 6.36. The van der Waals surface area contributed by atoms with E-state index >= 15 is 0 Å². The average Bonchev–Trinajstić information content (AvgIpc) is 2.49. The normalized spacial score (nSPS) is 10.7. The zero-order valence-corrected chi connectivity index (χ0v) is 11.2. The lowest BCUT2D eigenvalue weighted by Crippen LogP contribution is -2.28. The maximum Gasteiger partial charge on any atom is 0.250 e. The second-order valence-corrected chi connectivity index (χ2v) is 4.18. The maximum atomic E-state index is 12.9. The monoisotopic (exact) mass is 270 g/mol. The molecule has 1 heterocycles. The molecule has 102 valence electrons. The Bertz CT molecular complexity index is 594. The fourth-order valence-electron chi connectivity index (χ4n) is 1.82. The molecule has 0 fully saturated rings. The minimum Gasteiger partial charge on any atom is -0.309 e. The predicted molar refractivity (Wildman–Crippen MR) is 77.7 cm³/mol. The van der Waals surface area contributed by atoms with Crippen molar-refractivity contribution < 1.29 is 9.18 Å². The molecule has 0 N–H and O–H groups in total. The number of halogens is 1. The summed E-state index contributed by atoms with van der Waals surface area (Å²) in [4.78, 5) is 17.7. The van der Waals surface area contributed by atoms with Crippen molar-refractivity contribution in [3.05, 3.63) is 66.2 Å². The molecule has 0 saturated heterocycles. The van der Waals surface area contributed by atoms with Gasteiger partial charge in [-0.25, -0.2) is 4.39 Å². The number of nitrogens with zero attached hydrogens (tertiary/aromatic N) is 2. The molecule has 2 rings (SSSR count). The van der Waals surface area contributed by atoms with Gasteiger partial charge in [-0.1, -0.05) is 6.07 Å². The Hall–Kier alpha value is -2.49. The number of carbonyl (C=O) groups excluding carboxylic acids is 1. The summed E-state index contributed by atoms with van der Waals surface area (Å²) in [6.45, 7) is 2.39. The summed E-state index contributed by atoms with van der Waals surface area (Å²) in [5.74, 6) is -0.467. The topological polar surface area (TPSA) is 33.2 Å². The second-order valence-electron chi connectivity index (χ2n) is 4.18. The molecule has 0 radical (unpaired) electrons. The Kier molecular flexibility index (Phi) is 4.60. The van der Waals surface area contributed by atoms with Crippen molar-refractivity contribution in [3.8, 4) is 0 Å². The fourth-order valence-corrected chi connectivity index (χ4v) is 1.82. The van der Waals surface area contributed by atoms with Crippen LogP contribution in [0.3, 0.4) is 0 Å². The lowest BCUT2D eigenvalue weighted by Gasteiger charge is -2.19. The third-order valence-electron chi connectivity index (χ3n) is 2.82. The number of amides is 1. The van der Waals surface area contributed by atoms with Gasteiger partial charge in [0.05, 0.1) is 0 Å². The van der Waals surface area contributed by atoms with Crippen LogP contribution in [0.5, 0.6) is 0 Å². The van der Waals surface area contributed by atoms with Gasteiger partial charge in [-0.3, -0.25) is 9.78 Å². The highest BCUT2D eigenvalue weighted by molar-refractivity contribution is 6.03. The minimum atomic E-state index is -0.317. The van der Waals surface area contributed by atoms with E-state index in [0.717, 1.165) is 5.56 Å². The SMILES string of the molecule is CCN(C(=O)/C=C/c1cccnc1)c1ccc(F)cc1. The van der Waals surface area contributed by atoms with Crippen LogP contribution in [0.4, 0.5) is 10.1 Å². The van der Waals surface area contributed by atoms with Crippen molar-refractivity contribution in [2.45, 2.75) is 6.92 Å². The smallest absolute Gasteiger partial charge is 0.250 e. The number of aromatic nitrogens is 1. The number of carbonyl (C=O) groups is 1. The van der Waals surface area contributed by atoms with Crippen molar-refractivity contribution in [2.24, 2.45) is 0 Å². The van der Waals surface area contributed by atoms with Crippen LogP contribution in [-0.2, 0) is 4.79 Å². The highest BCUT2D eigenvalue weighted by Gasteiger charge is 2.10. The van der Waals surface area contributed by atoms with Crippen molar-refractivity contribution in [1.29, 1.82) is 0 Å². The Labute approximate surface area is 117 Å². The summed E-state index contributed by atoms with van der Waals surface area (Å²) in [6.07, 6.45) is 6.55. The maximum absolute atomic E-state index is 12.9. The molecule has 0 atom stereocenters. The van der Waals surface area contributed by atoms with Crippen LogP contribution in [0, 0.1) is 5.82 Å². The van der Waals surface area contributed by atoms with Crippen LogP contribution in [-0.4, -0.2) is 17.4 Å². The molecule has 1 amide bonds. The van der Waals surface area contributed by atoms with Crippen LogP contribution in [0.1, 0.15) is 12.5 Å². The molecule has 2 aromatic rings. The van der Waals surface area contributed by atoms with Gasteiger partial charge < -0.3 is 4.90 Å². The first-order valence-corrected chi connectivity index (χ1v) is 6.36. The van der Waals surface area contributed by atoms with Gasteiger partial charge in [-0.2, -0.15) is 0 Å². The molecule has 0 saturated carbocycles. The number of rotatable bonds is 4. The number of benzene rings is 1. The third-order valence-corrected chi connectivity index (χ3v) is 2.82. The zero-order valence-electron chi connectivity index (χ0n) is 11.2. The Morgan fingerprint density at radius 3 is 2.65 bits per heavy atom. The molecule has 20 heavy (non-hydrogen) atoms. The summed E-state index contributed by atoms with van der Waals surface area (Å²) in [5, 5.41) is 0. The summed E-state index contributed by atoms with van der Waals surface area (Å²) >= 11 is 0. The number of likely N-dealkylation sites (N-methyl/N-ethyl adjacent to an activating group) is 1. The van der Waals surface area contributed by atoms with Crippen molar-refractivity contribution >= 4 is 17.7 Å². The lowest BCUT2D eigenvalue weighted by atomic mass is 10.2. The van der Waals surface area contributed by atoms with Crippen LogP contribution in [0.15, 0.2) is 54.9 Å². The predicted octanol–water partition coefficient (Wildman–Crippen LogP) is 3.29.